The van der Waals surface area contributed by atoms with Gasteiger partial charge >= 0.3 is 12.1 Å². The van der Waals surface area contributed by atoms with Crippen LogP contribution in [0, 0.1) is 0 Å². The summed E-state index contributed by atoms with van der Waals surface area (Å²) in [5.41, 5.74) is 0. The molecule has 0 bridgehead atoms. The van der Waals surface area contributed by atoms with Gasteiger partial charge in [-0.2, -0.15) is 0 Å². The lowest BCUT2D eigenvalue weighted by atomic mass is 10.2. The fourth-order valence-corrected chi connectivity index (χ4v) is 1.80. The molecule has 1 aliphatic heterocycles. The number of methoxy groups -OCH3 is 1. The summed E-state index contributed by atoms with van der Waals surface area (Å²) in [5.74, 6) is -0.886. The number of ether oxygens (including phenoxy) is 2. The van der Waals surface area contributed by atoms with Crippen molar-refractivity contribution >= 4 is 18.0 Å². The maximum atomic E-state index is 11.7. The Morgan fingerprint density at radius 3 is 2.79 bits per heavy atom. The van der Waals surface area contributed by atoms with E-state index in [2.05, 4.69) is 15.4 Å². The lowest BCUT2D eigenvalue weighted by Gasteiger charge is -2.33. The van der Waals surface area contributed by atoms with E-state index in [9.17, 15) is 14.4 Å². The minimum absolute atomic E-state index is 0.0553. The molecule has 8 heteroatoms. The van der Waals surface area contributed by atoms with E-state index in [4.69, 9.17) is 4.74 Å². The third-order valence-electron chi connectivity index (χ3n) is 2.69. The zero-order valence-electron chi connectivity index (χ0n) is 11.1. The van der Waals surface area contributed by atoms with Crippen molar-refractivity contribution in [2.24, 2.45) is 0 Å². The van der Waals surface area contributed by atoms with Gasteiger partial charge in [-0.05, 0) is 6.92 Å². The number of amides is 2. The van der Waals surface area contributed by atoms with Gasteiger partial charge < -0.3 is 14.8 Å². The third kappa shape index (κ3) is 4.84. The number of piperazine rings is 1. The molecule has 1 atom stereocenters. The second-order valence-corrected chi connectivity index (χ2v) is 3.98. The number of imide groups is 1. The van der Waals surface area contributed by atoms with Crippen LogP contribution in [0.15, 0.2) is 0 Å². The molecule has 0 aromatic heterocycles. The summed E-state index contributed by atoms with van der Waals surface area (Å²) in [4.78, 5) is 35.9. The Bertz CT molecular complexity index is 347. The van der Waals surface area contributed by atoms with E-state index in [1.165, 1.54) is 7.11 Å². The smallest absolute Gasteiger partial charge is 0.413 e. The summed E-state index contributed by atoms with van der Waals surface area (Å²) >= 11 is 0. The molecule has 108 valence electrons. The minimum Gasteiger partial charge on any atom is -0.465 e. The average Bonchev–Trinajstić information content (AvgIpc) is 2.39. The third-order valence-corrected chi connectivity index (χ3v) is 2.69. The van der Waals surface area contributed by atoms with E-state index in [1.807, 2.05) is 0 Å². The summed E-state index contributed by atoms with van der Waals surface area (Å²) in [6.45, 7) is 3.57. The van der Waals surface area contributed by atoms with Gasteiger partial charge in [0.2, 0.25) is 5.91 Å². The van der Waals surface area contributed by atoms with Gasteiger partial charge in [0, 0.05) is 19.6 Å². The van der Waals surface area contributed by atoms with Crippen molar-refractivity contribution in [3.05, 3.63) is 0 Å². The number of alkyl carbamates (subject to hydrolysis) is 1. The predicted molar refractivity (Wildman–Crippen MR) is 65.4 cm³/mol. The number of rotatable bonds is 4. The van der Waals surface area contributed by atoms with Crippen LogP contribution in [0.4, 0.5) is 4.79 Å². The Morgan fingerprint density at radius 1 is 1.42 bits per heavy atom. The molecule has 0 spiro atoms. The second kappa shape index (κ2) is 7.70. The zero-order valence-corrected chi connectivity index (χ0v) is 11.1. The molecule has 0 aromatic rings. The van der Waals surface area contributed by atoms with Gasteiger partial charge in [-0.1, -0.05) is 0 Å². The van der Waals surface area contributed by atoms with Crippen LogP contribution in [0.2, 0.25) is 0 Å². The molecule has 8 nitrogen and oxygen atoms in total. The molecule has 1 fully saturated rings. The lowest BCUT2D eigenvalue weighted by molar-refractivity contribution is -0.150. The van der Waals surface area contributed by atoms with Crippen molar-refractivity contribution < 1.29 is 23.9 Å². The van der Waals surface area contributed by atoms with Crippen molar-refractivity contribution in [1.29, 1.82) is 0 Å². The molecule has 19 heavy (non-hydrogen) atoms. The number of esters is 1. The lowest BCUT2D eigenvalue weighted by Crippen LogP contribution is -2.57. The van der Waals surface area contributed by atoms with Crippen LogP contribution in [-0.2, 0) is 19.1 Å². The Hall–Kier alpha value is -1.67. The molecular formula is C11H19N3O5. The highest BCUT2D eigenvalue weighted by atomic mass is 16.5. The average molecular weight is 273 g/mol. The monoisotopic (exact) mass is 273 g/mol. The highest BCUT2D eigenvalue weighted by Gasteiger charge is 2.31. The first-order valence-electron chi connectivity index (χ1n) is 6.07. The van der Waals surface area contributed by atoms with Crippen LogP contribution in [0.5, 0.6) is 0 Å². The van der Waals surface area contributed by atoms with Crippen LogP contribution in [0.25, 0.3) is 0 Å². The highest BCUT2D eigenvalue weighted by molar-refractivity contribution is 5.93. The number of nitrogens with zero attached hydrogens (tertiary/aromatic N) is 1. The SMILES string of the molecule is CCOC(=O)C1CNCCN1CC(=O)NC(=O)OC. The molecule has 0 aromatic carbocycles. The zero-order chi connectivity index (χ0) is 14.3. The van der Waals surface area contributed by atoms with Crippen molar-refractivity contribution in [3.8, 4) is 0 Å². The molecule has 0 aliphatic carbocycles. The molecule has 1 heterocycles. The quantitative estimate of drug-likeness (QED) is 0.615. The van der Waals surface area contributed by atoms with Crippen LogP contribution in [0.1, 0.15) is 6.92 Å². The summed E-state index contributed by atoms with van der Waals surface area (Å²) in [6.07, 6.45) is -0.812. The molecule has 2 N–H and O–H groups in total. The van der Waals surface area contributed by atoms with E-state index in [1.54, 1.807) is 11.8 Å². The summed E-state index contributed by atoms with van der Waals surface area (Å²) in [5, 5.41) is 5.12. The number of hydrogen-bond donors (Lipinski definition) is 2. The van der Waals surface area contributed by atoms with Crippen molar-refractivity contribution in [3.63, 3.8) is 0 Å². The van der Waals surface area contributed by atoms with Crippen molar-refractivity contribution in [1.82, 2.24) is 15.5 Å². The fraction of sp³-hybridized carbons (Fsp3) is 0.727. The number of carbonyl (C=O) groups is 3. The molecule has 0 saturated carbocycles. The largest absolute Gasteiger partial charge is 0.465 e. The predicted octanol–water partition coefficient (Wildman–Crippen LogP) is -1.29. The van der Waals surface area contributed by atoms with Crippen LogP contribution >= 0.6 is 0 Å². The second-order valence-electron chi connectivity index (χ2n) is 3.98. The van der Waals surface area contributed by atoms with Gasteiger partial charge in [-0.25, -0.2) is 4.79 Å². The Kier molecular flexibility index (Phi) is 6.23. The first kappa shape index (κ1) is 15.4. The van der Waals surface area contributed by atoms with E-state index in [-0.39, 0.29) is 19.1 Å². The summed E-state index contributed by atoms with van der Waals surface area (Å²) < 4.78 is 9.28. The van der Waals surface area contributed by atoms with E-state index in [0.717, 1.165) is 0 Å². The molecule has 1 aliphatic rings. The minimum atomic E-state index is -0.812. The standard InChI is InChI=1S/C11H19N3O5/c1-3-19-10(16)8-6-12-4-5-14(8)7-9(15)13-11(17)18-2/h8,12H,3-7H2,1-2H3,(H,13,15,17). The Labute approximate surface area is 111 Å². The van der Waals surface area contributed by atoms with Crippen LogP contribution in [0.3, 0.4) is 0 Å². The highest BCUT2D eigenvalue weighted by Crippen LogP contribution is 2.05. The summed E-state index contributed by atoms with van der Waals surface area (Å²) in [6, 6.07) is -0.517. The van der Waals surface area contributed by atoms with Gasteiger partial charge in [0.05, 0.1) is 20.3 Å². The van der Waals surface area contributed by atoms with E-state index in [0.29, 0.717) is 19.6 Å². The topological polar surface area (TPSA) is 97.0 Å². The van der Waals surface area contributed by atoms with Gasteiger partial charge in [0.15, 0.2) is 0 Å². The van der Waals surface area contributed by atoms with E-state index >= 15 is 0 Å². The van der Waals surface area contributed by atoms with E-state index < -0.39 is 18.0 Å². The molecular weight excluding hydrogens is 254 g/mol. The maximum Gasteiger partial charge on any atom is 0.413 e. The maximum absolute atomic E-state index is 11.7. The van der Waals surface area contributed by atoms with Crippen LogP contribution < -0.4 is 10.6 Å². The molecule has 0 radical (unpaired) electrons. The summed E-state index contributed by atoms with van der Waals surface area (Å²) in [7, 11) is 1.18. The normalized spacial score (nSPS) is 19.6. The van der Waals surface area contributed by atoms with Gasteiger partial charge in [0.25, 0.3) is 0 Å². The molecule has 1 rings (SSSR count). The van der Waals surface area contributed by atoms with Gasteiger partial charge in [0.1, 0.15) is 6.04 Å². The first-order valence-corrected chi connectivity index (χ1v) is 6.07. The first-order chi connectivity index (χ1) is 9.08. The fourth-order valence-electron chi connectivity index (χ4n) is 1.80. The van der Waals surface area contributed by atoms with Crippen molar-refractivity contribution in [2.45, 2.75) is 13.0 Å². The number of nitrogens with one attached hydrogen (secondary N) is 2. The Morgan fingerprint density at radius 2 is 2.16 bits per heavy atom. The molecule has 2 amide bonds. The van der Waals surface area contributed by atoms with Crippen LogP contribution in [-0.4, -0.2) is 68.8 Å². The number of carbonyl (C=O) groups excluding carboxylic acids is 3. The van der Waals surface area contributed by atoms with Gasteiger partial charge in [-0.15, -0.1) is 0 Å². The molecule has 1 saturated heterocycles. The van der Waals surface area contributed by atoms with Gasteiger partial charge in [-0.3, -0.25) is 19.8 Å². The van der Waals surface area contributed by atoms with Crippen molar-refractivity contribution in [2.75, 3.05) is 39.9 Å². The molecule has 1 unspecified atom stereocenters. The number of hydrogen-bond acceptors (Lipinski definition) is 7. The Balaban J connectivity index is 2.54.